The first kappa shape index (κ1) is 20.0. The van der Waals surface area contributed by atoms with Crippen molar-refractivity contribution < 1.29 is 23.9 Å². The van der Waals surface area contributed by atoms with E-state index in [4.69, 9.17) is 9.47 Å². The molecule has 1 heterocycles. The van der Waals surface area contributed by atoms with Crippen LogP contribution in [0.1, 0.15) is 39.0 Å². The minimum Gasteiger partial charge on any atom is -0.497 e. The topological polar surface area (TPSA) is 72.9 Å². The van der Waals surface area contributed by atoms with Gasteiger partial charge in [-0.25, -0.2) is 9.69 Å². The van der Waals surface area contributed by atoms with Crippen molar-refractivity contribution in [2.75, 3.05) is 13.7 Å². The average Bonchev–Trinajstić information content (AvgIpc) is 3.37. The number of benzene rings is 3. The van der Waals surface area contributed by atoms with Crippen LogP contribution in [0.3, 0.4) is 0 Å². The van der Waals surface area contributed by atoms with Crippen LogP contribution in [0.2, 0.25) is 0 Å². The fraction of sp³-hybridized carbons (Fsp3) is 0.192. The number of cyclic esters (lactones) is 1. The number of fused-ring (bicyclic) bond motifs is 1. The highest BCUT2D eigenvalue weighted by molar-refractivity contribution is 6.17. The lowest BCUT2D eigenvalue weighted by atomic mass is 9.84. The first-order valence-corrected chi connectivity index (χ1v) is 10.4. The third kappa shape index (κ3) is 3.15. The number of amides is 2. The van der Waals surface area contributed by atoms with Crippen molar-refractivity contribution in [3.63, 3.8) is 0 Å². The Labute approximate surface area is 185 Å². The molecule has 2 aliphatic rings. The fourth-order valence-corrected chi connectivity index (χ4v) is 4.67. The predicted octanol–water partition coefficient (Wildman–Crippen LogP) is 4.36. The molecule has 0 radical (unpaired) electrons. The van der Waals surface area contributed by atoms with Crippen molar-refractivity contribution in [1.29, 1.82) is 0 Å². The number of imide groups is 1. The number of Topliss-reactive ketones (excluding diaryl/α,β-unsaturated/α-hetero) is 1. The summed E-state index contributed by atoms with van der Waals surface area (Å²) < 4.78 is 10.5. The van der Waals surface area contributed by atoms with Gasteiger partial charge in [0.25, 0.3) is 0 Å². The third-order valence-corrected chi connectivity index (χ3v) is 6.20. The van der Waals surface area contributed by atoms with E-state index in [1.165, 1.54) is 7.11 Å². The van der Waals surface area contributed by atoms with Crippen molar-refractivity contribution in [2.24, 2.45) is 5.92 Å². The number of nitrogens with zero attached hydrogens (tertiary/aromatic N) is 1. The molecule has 2 amide bonds. The molecule has 0 saturated carbocycles. The van der Waals surface area contributed by atoms with E-state index in [1.807, 2.05) is 66.7 Å². The van der Waals surface area contributed by atoms with Gasteiger partial charge in [-0.2, -0.15) is 0 Å². The van der Waals surface area contributed by atoms with E-state index in [1.54, 1.807) is 12.1 Å². The van der Waals surface area contributed by atoms with Crippen molar-refractivity contribution in [3.8, 4) is 5.75 Å². The van der Waals surface area contributed by atoms with Gasteiger partial charge in [0.05, 0.1) is 7.11 Å². The Morgan fingerprint density at radius 3 is 2.25 bits per heavy atom. The summed E-state index contributed by atoms with van der Waals surface area (Å²) in [5.74, 6) is -1.88. The molecule has 160 valence electrons. The van der Waals surface area contributed by atoms with Gasteiger partial charge < -0.3 is 9.47 Å². The molecule has 3 atom stereocenters. The van der Waals surface area contributed by atoms with Crippen LogP contribution in [-0.2, 0) is 9.53 Å². The Morgan fingerprint density at radius 1 is 0.938 bits per heavy atom. The van der Waals surface area contributed by atoms with Crippen LogP contribution >= 0.6 is 0 Å². The smallest absolute Gasteiger partial charge is 0.417 e. The lowest BCUT2D eigenvalue weighted by Gasteiger charge is -2.26. The molecule has 0 spiro atoms. The highest BCUT2D eigenvalue weighted by Crippen LogP contribution is 2.45. The van der Waals surface area contributed by atoms with E-state index in [0.29, 0.717) is 11.3 Å². The van der Waals surface area contributed by atoms with E-state index in [0.717, 1.165) is 21.6 Å². The summed E-state index contributed by atoms with van der Waals surface area (Å²) in [4.78, 5) is 41.1. The van der Waals surface area contributed by atoms with Crippen LogP contribution in [0.25, 0.3) is 0 Å². The zero-order valence-electron chi connectivity index (χ0n) is 17.4. The number of methoxy groups -OCH3 is 1. The molecule has 0 aromatic heterocycles. The van der Waals surface area contributed by atoms with Crippen LogP contribution in [0.5, 0.6) is 5.75 Å². The van der Waals surface area contributed by atoms with Crippen LogP contribution in [0, 0.1) is 5.92 Å². The van der Waals surface area contributed by atoms with Crippen molar-refractivity contribution >= 4 is 17.8 Å². The summed E-state index contributed by atoms with van der Waals surface area (Å²) in [7, 11) is 1.53. The average molecular weight is 427 g/mol. The Bertz CT molecular complexity index is 1190. The summed E-state index contributed by atoms with van der Waals surface area (Å²) in [5, 5.41) is 0. The second-order valence-corrected chi connectivity index (χ2v) is 7.90. The van der Waals surface area contributed by atoms with E-state index in [9.17, 15) is 14.4 Å². The maximum atomic E-state index is 13.8. The summed E-state index contributed by atoms with van der Waals surface area (Å²) in [5.41, 5.74) is 2.82. The van der Waals surface area contributed by atoms with Gasteiger partial charge in [-0.3, -0.25) is 9.59 Å². The molecule has 6 nitrogen and oxygen atoms in total. The van der Waals surface area contributed by atoms with E-state index >= 15 is 0 Å². The molecule has 0 bridgehead atoms. The van der Waals surface area contributed by atoms with Crippen LogP contribution in [0.4, 0.5) is 4.79 Å². The molecule has 3 aromatic carbocycles. The molecule has 0 N–H and O–H groups in total. The van der Waals surface area contributed by atoms with E-state index in [2.05, 4.69) is 0 Å². The second kappa shape index (κ2) is 7.96. The van der Waals surface area contributed by atoms with Crippen molar-refractivity contribution in [3.05, 3.63) is 101 Å². The highest BCUT2D eigenvalue weighted by Gasteiger charge is 2.51. The zero-order valence-corrected chi connectivity index (χ0v) is 17.4. The monoisotopic (exact) mass is 427 g/mol. The third-order valence-electron chi connectivity index (χ3n) is 6.20. The summed E-state index contributed by atoms with van der Waals surface area (Å²) in [6.07, 6.45) is -0.725. The van der Waals surface area contributed by atoms with Gasteiger partial charge in [-0.1, -0.05) is 66.7 Å². The number of rotatable bonds is 4. The lowest BCUT2D eigenvalue weighted by molar-refractivity contribution is -0.132. The Hall–Kier alpha value is -3.93. The van der Waals surface area contributed by atoms with Gasteiger partial charge in [0.2, 0.25) is 5.91 Å². The standard InChI is InChI=1S/C26H21NO5/c1-31-18-12-13-19-20(14-18)24(28)23(22(19)17-10-6-3-7-11-17)25(29)27-21(15-32-26(27)30)16-8-4-2-5-9-16/h2-14,21-23H,15H2,1H3/t21-,22-,23+/m1/s1. The fourth-order valence-electron chi connectivity index (χ4n) is 4.67. The van der Waals surface area contributed by atoms with Gasteiger partial charge in [0.1, 0.15) is 24.3 Å². The lowest BCUT2D eigenvalue weighted by Crippen LogP contribution is -2.42. The Kier molecular flexibility index (Phi) is 4.98. The number of carbonyl (C=O) groups excluding carboxylic acids is 3. The molecule has 1 aliphatic carbocycles. The first-order chi connectivity index (χ1) is 15.6. The SMILES string of the molecule is COc1ccc2c(c1)C(=O)[C@@H](C(=O)N1C(=O)OC[C@@H]1c1ccccc1)[C@@H]2c1ccccc1. The number of carbonyl (C=O) groups is 3. The van der Waals surface area contributed by atoms with E-state index in [-0.39, 0.29) is 12.4 Å². The molecule has 1 aliphatic heterocycles. The zero-order chi connectivity index (χ0) is 22.2. The van der Waals surface area contributed by atoms with Crippen molar-refractivity contribution in [1.82, 2.24) is 4.90 Å². The summed E-state index contributed by atoms with van der Waals surface area (Å²) >= 11 is 0. The molecular formula is C26H21NO5. The largest absolute Gasteiger partial charge is 0.497 e. The molecule has 5 rings (SSSR count). The molecule has 0 unspecified atom stereocenters. The Balaban J connectivity index is 1.59. The van der Waals surface area contributed by atoms with Crippen LogP contribution < -0.4 is 4.74 Å². The molecule has 1 saturated heterocycles. The van der Waals surface area contributed by atoms with Gasteiger partial charge >= 0.3 is 6.09 Å². The van der Waals surface area contributed by atoms with Crippen LogP contribution in [0.15, 0.2) is 78.9 Å². The van der Waals surface area contributed by atoms with Crippen LogP contribution in [-0.4, -0.2) is 36.4 Å². The maximum absolute atomic E-state index is 13.8. The summed E-state index contributed by atoms with van der Waals surface area (Å²) in [6, 6.07) is 23.4. The normalized spacial score (nSPS) is 21.9. The van der Waals surface area contributed by atoms with Crippen molar-refractivity contribution in [2.45, 2.75) is 12.0 Å². The molecule has 6 heteroatoms. The highest BCUT2D eigenvalue weighted by atomic mass is 16.6. The minimum absolute atomic E-state index is 0.0618. The molecule has 32 heavy (non-hydrogen) atoms. The van der Waals surface area contributed by atoms with Gasteiger partial charge in [-0.15, -0.1) is 0 Å². The van der Waals surface area contributed by atoms with Gasteiger partial charge in [0.15, 0.2) is 5.78 Å². The van der Waals surface area contributed by atoms with E-state index < -0.39 is 29.9 Å². The Morgan fingerprint density at radius 2 is 1.59 bits per heavy atom. The number of ether oxygens (including phenoxy) is 2. The predicted molar refractivity (Wildman–Crippen MR) is 116 cm³/mol. The quantitative estimate of drug-likeness (QED) is 0.579. The number of hydrogen-bond acceptors (Lipinski definition) is 5. The maximum Gasteiger partial charge on any atom is 0.417 e. The second-order valence-electron chi connectivity index (χ2n) is 7.90. The number of hydrogen-bond donors (Lipinski definition) is 0. The number of ketones is 1. The minimum atomic E-state index is -1.06. The summed E-state index contributed by atoms with van der Waals surface area (Å²) in [6.45, 7) is 0.0618. The molecular weight excluding hydrogens is 406 g/mol. The molecule has 1 fully saturated rings. The molecule has 3 aromatic rings. The van der Waals surface area contributed by atoms with Gasteiger partial charge in [0, 0.05) is 11.5 Å². The van der Waals surface area contributed by atoms with Gasteiger partial charge in [-0.05, 0) is 28.8 Å². The first-order valence-electron chi connectivity index (χ1n) is 10.4.